The molecule has 0 radical (unpaired) electrons. The molecule has 0 aliphatic carbocycles. The number of nitrogens with one attached hydrogen (secondary N) is 2. The SMILES string of the molecule is C[C@@H]1CN(C(=O)C(=O)Nc2ccc3[nH]c(=O)n(C)c3c2)CCN1c1cc(F)c(Cl)c(F)c1. The van der Waals surface area contributed by atoms with Gasteiger partial charge in [0.05, 0.1) is 11.0 Å². The van der Waals surface area contributed by atoms with Gasteiger partial charge in [-0.3, -0.25) is 14.2 Å². The molecule has 0 bridgehead atoms. The van der Waals surface area contributed by atoms with Crippen LogP contribution in [0.3, 0.4) is 0 Å². The van der Waals surface area contributed by atoms with Gasteiger partial charge in [-0.15, -0.1) is 0 Å². The zero-order chi connectivity index (χ0) is 23.2. The first-order valence-corrected chi connectivity index (χ1v) is 10.2. The molecule has 1 saturated heterocycles. The van der Waals surface area contributed by atoms with Gasteiger partial charge in [0.15, 0.2) is 0 Å². The number of anilines is 2. The van der Waals surface area contributed by atoms with Crippen LogP contribution in [-0.4, -0.2) is 51.9 Å². The number of fused-ring (bicyclic) bond motifs is 1. The van der Waals surface area contributed by atoms with E-state index in [2.05, 4.69) is 10.3 Å². The predicted octanol–water partition coefficient (Wildman–Crippen LogP) is 2.47. The number of aryl methyl sites for hydroxylation is 1. The number of hydrogen-bond acceptors (Lipinski definition) is 4. The first-order chi connectivity index (χ1) is 15.2. The molecule has 168 valence electrons. The highest BCUT2D eigenvalue weighted by Gasteiger charge is 2.31. The second kappa shape index (κ2) is 8.27. The monoisotopic (exact) mass is 463 g/mol. The maximum atomic E-state index is 13.8. The molecule has 1 atom stereocenters. The van der Waals surface area contributed by atoms with Crippen molar-refractivity contribution in [2.45, 2.75) is 13.0 Å². The minimum atomic E-state index is -0.858. The Morgan fingerprint density at radius 3 is 2.50 bits per heavy atom. The maximum Gasteiger partial charge on any atom is 0.326 e. The van der Waals surface area contributed by atoms with E-state index in [4.69, 9.17) is 11.6 Å². The van der Waals surface area contributed by atoms with Crippen LogP contribution in [0.1, 0.15) is 6.92 Å². The standard InChI is InChI=1S/C21H20ClF2N5O3/c1-11-10-28(5-6-29(11)13-8-14(23)18(22)15(24)9-13)20(31)19(30)25-12-3-4-16-17(7-12)27(2)21(32)26-16/h3-4,7-9,11H,5-6,10H2,1-2H3,(H,25,30)(H,26,32)/t11-/m1/s1. The summed E-state index contributed by atoms with van der Waals surface area (Å²) in [5, 5.41) is 1.99. The number of carbonyl (C=O) groups excluding carboxylic acids is 2. The molecule has 1 aliphatic rings. The molecule has 0 spiro atoms. The Morgan fingerprint density at radius 2 is 1.84 bits per heavy atom. The summed E-state index contributed by atoms with van der Waals surface area (Å²) in [6.45, 7) is 2.48. The predicted molar refractivity (Wildman–Crippen MR) is 117 cm³/mol. The van der Waals surface area contributed by atoms with Gasteiger partial charge in [-0.2, -0.15) is 0 Å². The van der Waals surface area contributed by atoms with Gasteiger partial charge in [0.25, 0.3) is 0 Å². The van der Waals surface area contributed by atoms with Crippen molar-refractivity contribution in [3.63, 3.8) is 0 Å². The van der Waals surface area contributed by atoms with E-state index in [9.17, 15) is 23.2 Å². The van der Waals surface area contributed by atoms with Crippen LogP contribution in [0.5, 0.6) is 0 Å². The summed E-state index contributed by atoms with van der Waals surface area (Å²) >= 11 is 5.55. The fourth-order valence-electron chi connectivity index (χ4n) is 3.86. The zero-order valence-corrected chi connectivity index (χ0v) is 18.0. The van der Waals surface area contributed by atoms with Crippen LogP contribution in [0.15, 0.2) is 35.1 Å². The molecule has 1 aromatic heterocycles. The Bertz CT molecular complexity index is 1270. The van der Waals surface area contributed by atoms with Crippen molar-refractivity contribution in [3.8, 4) is 0 Å². The molecule has 8 nitrogen and oxygen atoms in total. The fraction of sp³-hybridized carbons (Fsp3) is 0.286. The van der Waals surface area contributed by atoms with Gasteiger partial charge in [-0.05, 0) is 37.3 Å². The minimum absolute atomic E-state index is 0.198. The second-order valence-corrected chi connectivity index (χ2v) is 8.07. The van der Waals surface area contributed by atoms with E-state index in [1.165, 1.54) is 9.47 Å². The van der Waals surface area contributed by atoms with Crippen molar-refractivity contribution in [2.24, 2.45) is 7.05 Å². The molecule has 1 fully saturated rings. The van der Waals surface area contributed by atoms with E-state index in [1.807, 2.05) is 0 Å². The van der Waals surface area contributed by atoms with Gasteiger partial charge in [-0.25, -0.2) is 13.6 Å². The molecule has 2 heterocycles. The van der Waals surface area contributed by atoms with Gasteiger partial charge < -0.3 is 20.1 Å². The smallest absolute Gasteiger partial charge is 0.326 e. The highest BCUT2D eigenvalue weighted by atomic mass is 35.5. The number of benzene rings is 2. The highest BCUT2D eigenvalue weighted by molar-refractivity contribution is 6.39. The molecule has 4 rings (SSSR count). The van der Waals surface area contributed by atoms with Crippen molar-refractivity contribution < 1.29 is 18.4 Å². The molecule has 0 unspecified atom stereocenters. The number of halogens is 3. The fourth-order valence-corrected chi connectivity index (χ4v) is 3.97. The van der Waals surface area contributed by atoms with Gasteiger partial charge >= 0.3 is 17.5 Å². The van der Waals surface area contributed by atoms with E-state index in [-0.39, 0.29) is 31.4 Å². The van der Waals surface area contributed by atoms with Crippen LogP contribution in [0.2, 0.25) is 5.02 Å². The van der Waals surface area contributed by atoms with E-state index in [0.717, 1.165) is 12.1 Å². The lowest BCUT2D eigenvalue weighted by molar-refractivity contribution is -0.143. The lowest BCUT2D eigenvalue weighted by atomic mass is 10.1. The van der Waals surface area contributed by atoms with Crippen molar-refractivity contribution in [3.05, 3.63) is 57.5 Å². The van der Waals surface area contributed by atoms with Crippen molar-refractivity contribution >= 4 is 45.8 Å². The average Bonchev–Trinajstić information content (AvgIpc) is 3.04. The van der Waals surface area contributed by atoms with Crippen LogP contribution in [0.25, 0.3) is 11.0 Å². The normalized spacial score (nSPS) is 16.5. The van der Waals surface area contributed by atoms with Crippen LogP contribution in [-0.2, 0) is 16.6 Å². The topological polar surface area (TPSA) is 90.4 Å². The van der Waals surface area contributed by atoms with Crippen LogP contribution >= 0.6 is 11.6 Å². The number of H-pyrrole nitrogens is 1. The van der Waals surface area contributed by atoms with Crippen molar-refractivity contribution in [2.75, 3.05) is 29.9 Å². The molecule has 2 N–H and O–H groups in total. The number of hydrogen-bond donors (Lipinski definition) is 2. The Kier molecular flexibility index (Phi) is 5.64. The molecule has 11 heteroatoms. The van der Waals surface area contributed by atoms with Crippen LogP contribution in [0.4, 0.5) is 20.2 Å². The molecule has 32 heavy (non-hydrogen) atoms. The summed E-state index contributed by atoms with van der Waals surface area (Å²) in [6, 6.07) is 6.84. The second-order valence-electron chi connectivity index (χ2n) is 7.69. The molecule has 0 saturated carbocycles. The number of piperazine rings is 1. The summed E-state index contributed by atoms with van der Waals surface area (Å²) in [6.07, 6.45) is 0. The number of rotatable bonds is 2. The summed E-state index contributed by atoms with van der Waals surface area (Å²) in [7, 11) is 1.59. The largest absolute Gasteiger partial charge is 0.365 e. The van der Waals surface area contributed by atoms with Gasteiger partial charge in [0.1, 0.15) is 16.7 Å². The number of aromatic amines is 1. The Hall–Kier alpha value is -3.40. The van der Waals surface area contributed by atoms with E-state index in [1.54, 1.807) is 37.1 Å². The molecule has 2 aromatic carbocycles. The number of imidazole rings is 1. The summed E-state index contributed by atoms with van der Waals surface area (Å²) in [5.41, 5.74) is 1.61. The van der Waals surface area contributed by atoms with Gasteiger partial charge in [-0.1, -0.05) is 11.6 Å². The van der Waals surface area contributed by atoms with Crippen molar-refractivity contribution in [1.29, 1.82) is 0 Å². The first-order valence-electron chi connectivity index (χ1n) is 9.86. The van der Waals surface area contributed by atoms with E-state index >= 15 is 0 Å². The third kappa shape index (κ3) is 3.93. The summed E-state index contributed by atoms with van der Waals surface area (Å²) < 4.78 is 29.1. The summed E-state index contributed by atoms with van der Waals surface area (Å²) in [4.78, 5) is 42.7. The first kappa shape index (κ1) is 21.8. The molecular formula is C21H20ClF2N5O3. The van der Waals surface area contributed by atoms with Gasteiger partial charge in [0.2, 0.25) is 0 Å². The quantitative estimate of drug-likeness (QED) is 0.451. The van der Waals surface area contributed by atoms with Crippen molar-refractivity contribution in [1.82, 2.24) is 14.5 Å². The molecule has 2 amide bonds. The van der Waals surface area contributed by atoms with E-state index in [0.29, 0.717) is 22.4 Å². The summed E-state index contributed by atoms with van der Waals surface area (Å²) in [5.74, 6) is -3.24. The Balaban J connectivity index is 1.44. The van der Waals surface area contributed by atoms with Gasteiger partial charge in [0, 0.05) is 44.1 Å². The third-order valence-corrected chi connectivity index (χ3v) is 5.93. The Morgan fingerprint density at radius 1 is 1.16 bits per heavy atom. The van der Waals surface area contributed by atoms with Crippen LogP contribution < -0.4 is 15.9 Å². The maximum absolute atomic E-state index is 13.8. The zero-order valence-electron chi connectivity index (χ0n) is 17.3. The third-order valence-electron chi connectivity index (χ3n) is 5.57. The Labute approximate surface area is 186 Å². The number of carbonyl (C=O) groups is 2. The lowest BCUT2D eigenvalue weighted by Crippen LogP contribution is -2.55. The van der Waals surface area contributed by atoms with E-state index < -0.39 is 28.5 Å². The van der Waals surface area contributed by atoms with Crippen LogP contribution in [0, 0.1) is 11.6 Å². The number of nitrogens with zero attached hydrogens (tertiary/aromatic N) is 3. The average molecular weight is 464 g/mol. The number of aromatic nitrogens is 2. The molecule has 3 aromatic rings. The highest BCUT2D eigenvalue weighted by Crippen LogP contribution is 2.28. The molecule has 1 aliphatic heterocycles. The molecular weight excluding hydrogens is 444 g/mol. The lowest BCUT2D eigenvalue weighted by Gasteiger charge is -2.41. The number of amides is 2. The minimum Gasteiger partial charge on any atom is -0.365 e.